The number of hydrogen-bond acceptors (Lipinski definition) is 6. The molecule has 0 spiro atoms. The summed E-state index contributed by atoms with van der Waals surface area (Å²) in [6.07, 6.45) is 3.03. The number of methoxy groups -OCH3 is 2. The van der Waals surface area contributed by atoms with Gasteiger partial charge in [-0.05, 0) is 59.7 Å². The second-order valence-electron chi connectivity index (χ2n) is 5.63. The minimum absolute atomic E-state index is 0.00381. The summed E-state index contributed by atoms with van der Waals surface area (Å²) in [4.78, 5) is 23.4. The van der Waals surface area contributed by atoms with Gasteiger partial charge < -0.3 is 9.47 Å². The molecule has 0 saturated heterocycles. The van der Waals surface area contributed by atoms with Crippen LogP contribution in [-0.4, -0.2) is 38.5 Å². The number of amides is 2. The van der Waals surface area contributed by atoms with Gasteiger partial charge in [0, 0.05) is 12.8 Å². The third kappa shape index (κ3) is 7.28. The number of nitrogens with one attached hydrogen (secondary N) is 2. The Labute approximate surface area is 163 Å². The molecule has 2 rings (SSSR count). The van der Waals surface area contributed by atoms with Gasteiger partial charge in [0.05, 0.1) is 26.6 Å². The van der Waals surface area contributed by atoms with E-state index in [-0.39, 0.29) is 24.7 Å². The zero-order chi connectivity index (χ0) is 20.2. The zero-order valence-electron chi connectivity index (χ0n) is 15.7. The molecule has 0 aliphatic heterocycles. The fourth-order valence-electron chi connectivity index (χ4n) is 2.08. The van der Waals surface area contributed by atoms with Crippen LogP contribution in [0.3, 0.4) is 0 Å². The van der Waals surface area contributed by atoms with Crippen LogP contribution in [0.4, 0.5) is 0 Å². The molecule has 0 aliphatic carbocycles. The van der Waals surface area contributed by atoms with Crippen molar-refractivity contribution in [2.45, 2.75) is 12.8 Å². The number of carbonyl (C=O) groups excluding carboxylic acids is 2. The van der Waals surface area contributed by atoms with E-state index in [0.29, 0.717) is 0 Å². The lowest BCUT2D eigenvalue weighted by Gasteiger charge is -2.01. The normalized spacial score (nSPS) is 10.8. The maximum absolute atomic E-state index is 11.7. The van der Waals surface area contributed by atoms with Crippen LogP contribution < -0.4 is 20.3 Å². The van der Waals surface area contributed by atoms with Crippen LogP contribution in [0, 0.1) is 0 Å². The molecule has 146 valence electrons. The van der Waals surface area contributed by atoms with Crippen molar-refractivity contribution in [3.8, 4) is 11.5 Å². The molecule has 2 N–H and O–H groups in total. The summed E-state index contributed by atoms with van der Waals surface area (Å²) in [7, 11) is 3.17. The molecule has 0 bridgehead atoms. The van der Waals surface area contributed by atoms with Gasteiger partial charge in [0.15, 0.2) is 0 Å². The first kappa shape index (κ1) is 20.6. The van der Waals surface area contributed by atoms with Gasteiger partial charge in [0.2, 0.25) is 11.8 Å². The molecule has 2 amide bonds. The number of nitrogens with zero attached hydrogens (tertiary/aromatic N) is 2. The molecule has 8 nitrogen and oxygen atoms in total. The Bertz CT molecular complexity index is 759. The van der Waals surface area contributed by atoms with E-state index in [0.717, 1.165) is 22.6 Å². The maximum Gasteiger partial charge on any atom is 0.240 e. The first-order valence-electron chi connectivity index (χ1n) is 8.52. The fraction of sp³-hybridized carbons (Fsp3) is 0.200. The van der Waals surface area contributed by atoms with E-state index in [9.17, 15) is 9.59 Å². The molecule has 8 heteroatoms. The number of hydrazone groups is 2. The van der Waals surface area contributed by atoms with Gasteiger partial charge >= 0.3 is 0 Å². The zero-order valence-corrected chi connectivity index (χ0v) is 15.7. The van der Waals surface area contributed by atoms with Crippen molar-refractivity contribution >= 4 is 24.2 Å². The summed E-state index contributed by atoms with van der Waals surface area (Å²) in [5.41, 5.74) is 6.38. The van der Waals surface area contributed by atoms with Crippen molar-refractivity contribution in [2.24, 2.45) is 10.2 Å². The number of carbonyl (C=O) groups is 2. The van der Waals surface area contributed by atoms with Gasteiger partial charge in [0.1, 0.15) is 11.5 Å². The largest absolute Gasteiger partial charge is 0.497 e. The minimum Gasteiger partial charge on any atom is -0.497 e. The average molecular weight is 382 g/mol. The molecule has 2 aromatic rings. The SMILES string of the molecule is COc1ccc(C=NNC(=O)CCC(=O)NN=Cc2ccc(OC)cc2)cc1. The number of benzene rings is 2. The highest BCUT2D eigenvalue weighted by atomic mass is 16.5. The van der Waals surface area contributed by atoms with Crippen LogP contribution in [0.25, 0.3) is 0 Å². The number of ether oxygens (including phenoxy) is 2. The van der Waals surface area contributed by atoms with Crippen molar-refractivity contribution in [3.05, 3.63) is 59.7 Å². The molecule has 0 aromatic heterocycles. The van der Waals surface area contributed by atoms with Crippen LogP contribution in [0.2, 0.25) is 0 Å². The molecule has 0 fully saturated rings. The highest BCUT2D eigenvalue weighted by Crippen LogP contribution is 2.10. The third-order valence-corrected chi connectivity index (χ3v) is 3.62. The van der Waals surface area contributed by atoms with Crippen LogP contribution in [-0.2, 0) is 9.59 Å². The third-order valence-electron chi connectivity index (χ3n) is 3.62. The standard InChI is InChI=1S/C20H22N4O4/c1-27-17-7-3-15(4-8-17)13-21-23-19(25)11-12-20(26)24-22-14-16-5-9-18(28-2)10-6-16/h3-10,13-14H,11-12H2,1-2H3,(H,23,25)(H,24,26). The van der Waals surface area contributed by atoms with Gasteiger partial charge in [-0.15, -0.1) is 0 Å². The Balaban J connectivity index is 1.67. The van der Waals surface area contributed by atoms with E-state index >= 15 is 0 Å². The average Bonchev–Trinajstić information content (AvgIpc) is 2.73. The van der Waals surface area contributed by atoms with Gasteiger partial charge in [-0.2, -0.15) is 10.2 Å². The summed E-state index contributed by atoms with van der Waals surface area (Å²) >= 11 is 0. The molecule has 28 heavy (non-hydrogen) atoms. The maximum atomic E-state index is 11.7. The summed E-state index contributed by atoms with van der Waals surface area (Å²) in [6, 6.07) is 14.4. The lowest BCUT2D eigenvalue weighted by atomic mass is 10.2. The molecular formula is C20H22N4O4. The highest BCUT2D eigenvalue weighted by molar-refractivity contribution is 5.86. The van der Waals surface area contributed by atoms with Gasteiger partial charge in [-0.3, -0.25) is 9.59 Å². The summed E-state index contributed by atoms with van der Waals surface area (Å²) in [5.74, 6) is 0.752. The molecule has 2 aromatic carbocycles. The number of rotatable bonds is 9. The van der Waals surface area contributed by atoms with Crippen LogP contribution in [0.5, 0.6) is 11.5 Å². The molecule has 0 aliphatic rings. The lowest BCUT2D eigenvalue weighted by Crippen LogP contribution is -2.22. The molecule has 0 saturated carbocycles. The van der Waals surface area contributed by atoms with Gasteiger partial charge in [-0.25, -0.2) is 10.9 Å². The molecule has 0 unspecified atom stereocenters. The van der Waals surface area contributed by atoms with Crippen molar-refractivity contribution in [2.75, 3.05) is 14.2 Å². The predicted molar refractivity (Wildman–Crippen MR) is 107 cm³/mol. The van der Waals surface area contributed by atoms with Gasteiger partial charge in [0.25, 0.3) is 0 Å². The monoisotopic (exact) mass is 382 g/mol. The molecular weight excluding hydrogens is 360 g/mol. The second kappa shape index (κ2) is 11.1. The smallest absolute Gasteiger partial charge is 0.240 e. The minimum atomic E-state index is -0.362. The molecule has 0 radical (unpaired) electrons. The van der Waals surface area contributed by atoms with E-state index in [2.05, 4.69) is 21.1 Å². The van der Waals surface area contributed by atoms with Gasteiger partial charge in [-0.1, -0.05) is 0 Å². The first-order chi connectivity index (χ1) is 13.6. The van der Waals surface area contributed by atoms with Crippen molar-refractivity contribution in [3.63, 3.8) is 0 Å². The predicted octanol–water partition coefficient (Wildman–Crippen LogP) is 2.08. The second-order valence-corrected chi connectivity index (χ2v) is 5.63. The van der Waals surface area contributed by atoms with Crippen LogP contribution in [0.1, 0.15) is 24.0 Å². The van der Waals surface area contributed by atoms with Crippen molar-refractivity contribution in [1.82, 2.24) is 10.9 Å². The lowest BCUT2D eigenvalue weighted by molar-refractivity contribution is -0.126. The Morgan fingerprint density at radius 2 is 1.11 bits per heavy atom. The quantitative estimate of drug-likeness (QED) is 0.512. The summed E-state index contributed by atoms with van der Waals surface area (Å²) in [5, 5.41) is 7.71. The molecule has 0 heterocycles. The van der Waals surface area contributed by atoms with Crippen LogP contribution in [0.15, 0.2) is 58.7 Å². The van der Waals surface area contributed by atoms with E-state index in [1.54, 1.807) is 38.5 Å². The topological polar surface area (TPSA) is 101 Å². The Morgan fingerprint density at radius 1 is 0.750 bits per heavy atom. The highest BCUT2D eigenvalue weighted by Gasteiger charge is 2.05. The van der Waals surface area contributed by atoms with Crippen molar-refractivity contribution < 1.29 is 19.1 Å². The fourth-order valence-corrected chi connectivity index (χ4v) is 2.08. The Kier molecular flexibility index (Phi) is 8.19. The molecule has 0 atom stereocenters. The van der Waals surface area contributed by atoms with E-state index < -0.39 is 0 Å². The Morgan fingerprint density at radius 3 is 1.43 bits per heavy atom. The number of hydrogen-bond donors (Lipinski definition) is 2. The first-order valence-corrected chi connectivity index (χ1v) is 8.52. The summed E-state index contributed by atoms with van der Waals surface area (Å²) < 4.78 is 10.1. The summed E-state index contributed by atoms with van der Waals surface area (Å²) in [6.45, 7) is 0. The Hall–Kier alpha value is -3.68. The van der Waals surface area contributed by atoms with E-state index in [1.165, 1.54) is 12.4 Å². The van der Waals surface area contributed by atoms with Crippen molar-refractivity contribution in [1.29, 1.82) is 0 Å². The van der Waals surface area contributed by atoms with E-state index in [4.69, 9.17) is 9.47 Å². The van der Waals surface area contributed by atoms with E-state index in [1.807, 2.05) is 24.3 Å². The van der Waals surface area contributed by atoms with Crippen LogP contribution >= 0.6 is 0 Å².